The van der Waals surface area contributed by atoms with Crippen LogP contribution in [0.5, 0.6) is 5.75 Å². The maximum atomic E-state index is 5.57. The fourth-order valence-corrected chi connectivity index (χ4v) is 1.46. The SMILES string of the molecule is C=C(CS)COc1ccc(CCCC)cc1. The minimum atomic E-state index is 0.553. The van der Waals surface area contributed by atoms with Gasteiger partial charge in [0, 0.05) is 5.75 Å². The molecule has 0 fully saturated rings. The molecule has 16 heavy (non-hydrogen) atoms. The summed E-state index contributed by atoms with van der Waals surface area (Å²) in [4.78, 5) is 0. The second-order valence-electron chi connectivity index (χ2n) is 3.94. The van der Waals surface area contributed by atoms with Gasteiger partial charge in [0.1, 0.15) is 12.4 Å². The molecule has 0 aliphatic rings. The highest BCUT2D eigenvalue weighted by molar-refractivity contribution is 7.80. The highest BCUT2D eigenvalue weighted by atomic mass is 32.1. The van der Waals surface area contributed by atoms with Gasteiger partial charge in [0.2, 0.25) is 0 Å². The van der Waals surface area contributed by atoms with Crippen LogP contribution in [0, 0.1) is 0 Å². The first-order valence-electron chi connectivity index (χ1n) is 5.75. The summed E-state index contributed by atoms with van der Waals surface area (Å²) in [6.07, 6.45) is 3.64. The van der Waals surface area contributed by atoms with E-state index < -0.39 is 0 Å². The first-order chi connectivity index (χ1) is 7.76. The maximum absolute atomic E-state index is 5.57. The van der Waals surface area contributed by atoms with Crippen molar-refractivity contribution in [3.63, 3.8) is 0 Å². The number of unbranched alkanes of at least 4 members (excludes halogenated alkanes) is 1. The van der Waals surface area contributed by atoms with Crippen LogP contribution in [0.25, 0.3) is 0 Å². The highest BCUT2D eigenvalue weighted by Crippen LogP contribution is 2.14. The molecule has 0 aromatic heterocycles. The monoisotopic (exact) mass is 236 g/mol. The lowest BCUT2D eigenvalue weighted by atomic mass is 10.1. The molecule has 0 atom stereocenters. The van der Waals surface area contributed by atoms with Crippen molar-refractivity contribution in [2.75, 3.05) is 12.4 Å². The molecule has 0 aliphatic carbocycles. The second-order valence-corrected chi connectivity index (χ2v) is 4.26. The van der Waals surface area contributed by atoms with Crippen LogP contribution >= 0.6 is 12.6 Å². The molecule has 0 saturated carbocycles. The average Bonchev–Trinajstić information content (AvgIpc) is 2.34. The number of ether oxygens (including phenoxy) is 1. The van der Waals surface area contributed by atoms with Gasteiger partial charge in [0.25, 0.3) is 0 Å². The zero-order valence-corrected chi connectivity index (χ0v) is 10.8. The summed E-state index contributed by atoms with van der Waals surface area (Å²) in [6, 6.07) is 8.32. The van der Waals surface area contributed by atoms with E-state index in [1.54, 1.807) is 0 Å². The number of aryl methyl sites for hydroxylation is 1. The molecule has 1 aromatic carbocycles. The lowest BCUT2D eigenvalue weighted by molar-refractivity contribution is 0.353. The van der Waals surface area contributed by atoms with Gasteiger partial charge >= 0.3 is 0 Å². The Bertz CT molecular complexity index is 316. The van der Waals surface area contributed by atoms with Crippen LogP contribution in [-0.4, -0.2) is 12.4 Å². The van der Waals surface area contributed by atoms with Crippen molar-refractivity contribution in [2.24, 2.45) is 0 Å². The van der Waals surface area contributed by atoms with Crippen molar-refractivity contribution in [2.45, 2.75) is 26.2 Å². The maximum Gasteiger partial charge on any atom is 0.119 e. The van der Waals surface area contributed by atoms with Crippen LogP contribution in [0.15, 0.2) is 36.4 Å². The smallest absolute Gasteiger partial charge is 0.119 e. The van der Waals surface area contributed by atoms with Gasteiger partial charge in [-0.25, -0.2) is 0 Å². The van der Waals surface area contributed by atoms with Crippen molar-refractivity contribution in [3.05, 3.63) is 42.0 Å². The third kappa shape index (κ3) is 4.75. The number of hydrogen-bond donors (Lipinski definition) is 1. The van der Waals surface area contributed by atoms with Crippen LogP contribution in [0.3, 0.4) is 0 Å². The Hall–Kier alpha value is -0.890. The normalized spacial score (nSPS) is 10.1. The minimum Gasteiger partial charge on any atom is -0.489 e. The molecule has 1 nitrogen and oxygen atoms in total. The van der Waals surface area contributed by atoms with Gasteiger partial charge in [-0.2, -0.15) is 12.6 Å². The van der Waals surface area contributed by atoms with Crippen LogP contribution in [0.2, 0.25) is 0 Å². The fourth-order valence-electron chi connectivity index (χ4n) is 1.36. The van der Waals surface area contributed by atoms with E-state index in [2.05, 4.69) is 38.3 Å². The van der Waals surface area contributed by atoms with E-state index >= 15 is 0 Å². The molecule has 0 radical (unpaired) electrons. The molecule has 2 heteroatoms. The molecule has 0 bridgehead atoms. The number of benzene rings is 1. The van der Waals surface area contributed by atoms with Gasteiger partial charge in [-0.05, 0) is 36.1 Å². The summed E-state index contributed by atoms with van der Waals surface area (Å²) >= 11 is 4.14. The van der Waals surface area contributed by atoms with Crippen LogP contribution in [0.4, 0.5) is 0 Å². The summed E-state index contributed by atoms with van der Waals surface area (Å²) in [5, 5.41) is 0. The zero-order chi connectivity index (χ0) is 11.8. The Morgan fingerprint density at radius 2 is 2.00 bits per heavy atom. The van der Waals surface area contributed by atoms with Gasteiger partial charge in [-0.1, -0.05) is 32.1 Å². The lowest BCUT2D eigenvalue weighted by Gasteiger charge is -2.07. The standard InChI is InChI=1S/C14H20OS/c1-3-4-5-13-6-8-14(9-7-13)15-10-12(2)11-16/h6-9,16H,2-5,10-11H2,1H3. The van der Waals surface area contributed by atoms with Crippen LogP contribution in [0.1, 0.15) is 25.3 Å². The predicted octanol–water partition coefficient (Wildman–Crippen LogP) is 3.89. The quantitative estimate of drug-likeness (QED) is 0.558. The van der Waals surface area contributed by atoms with Gasteiger partial charge in [-0.3, -0.25) is 0 Å². The van der Waals surface area contributed by atoms with Crippen molar-refractivity contribution >= 4 is 12.6 Å². The lowest BCUT2D eigenvalue weighted by Crippen LogP contribution is -2.01. The van der Waals surface area contributed by atoms with Crippen molar-refractivity contribution in [1.29, 1.82) is 0 Å². The number of thiol groups is 1. The van der Waals surface area contributed by atoms with E-state index in [1.165, 1.54) is 18.4 Å². The van der Waals surface area contributed by atoms with E-state index in [0.29, 0.717) is 12.4 Å². The van der Waals surface area contributed by atoms with E-state index in [4.69, 9.17) is 4.74 Å². The Labute approximate surface area is 104 Å². The molecule has 0 aliphatic heterocycles. The molecule has 0 unspecified atom stereocenters. The van der Waals surface area contributed by atoms with E-state index in [9.17, 15) is 0 Å². The largest absolute Gasteiger partial charge is 0.489 e. The third-order valence-corrected chi connectivity index (χ3v) is 2.86. The van der Waals surface area contributed by atoms with Crippen LogP contribution in [-0.2, 0) is 6.42 Å². The molecule has 1 rings (SSSR count). The van der Waals surface area contributed by atoms with Crippen molar-refractivity contribution < 1.29 is 4.74 Å². The highest BCUT2D eigenvalue weighted by Gasteiger charge is 1.97. The zero-order valence-electron chi connectivity index (χ0n) is 9.91. The molecule has 0 saturated heterocycles. The van der Waals surface area contributed by atoms with E-state index in [1.807, 2.05) is 12.1 Å². The molecule has 0 spiro atoms. The molecule has 0 amide bonds. The van der Waals surface area contributed by atoms with Crippen molar-refractivity contribution in [1.82, 2.24) is 0 Å². The summed E-state index contributed by atoms with van der Waals surface area (Å²) in [6.45, 7) is 6.61. The first kappa shape index (κ1) is 13.2. The van der Waals surface area contributed by atoms with E-state index in [-0.39, 0.29) is 0 Å². The molecule has 88 valence electrons. The summed E-state index contributed by atoms with van der Waals surface area (Å²) < 4.78 is 5.57. The Kier molecular flexibility index (Phi) is 6.09. The molecule has 1 aromatic rings. The molecule has 0 N–H and O–H groups in total. The molecular formula is C14H20OS. The topological polar surface area (TPSA) is 9.23 Å². The second kappa shape index (κ2) is 7.39. The van der Waals surface area contributed by atoms with Gasteiger partial charge in [0.05, 0.1) is 0 Å². The Morgan fingerprint density at radius 1 is 1.31 bits per heavy atom. The predicted molar refractivity (Wildman–Crippen MR) is 73.5 cm³/mol. The Balaban J connectivity index is 2.41. The number of rotatable bonds is 7. The summed E-state index contributed by atoms with van der Waals surface area (Å²) in [5.41, 5.74) is 2.38. The van der Waals surface area contributed by atoms with Gasteiger partial charge in [0.15, 0.2) is 0 Å². The minimum absolute atomic E-state index is 0.553. The summed E-state index contributed by atoms with van der Waals surface area (Å²) in [5.74, 6) is 1.58. The molecule has 0 heterocycles. The third-order valence-electron chi connectivity index (χ3n) is 2.41. The molecular weight excluding hydrogens is 216 g/mol. The summed E-state index contributed by atoms with van der Waals surface area (Å²) in [7, 11) is 0. The van der Waals surface area contributed by atoms with Gasteiger partial charge in [-0.15, -0.1) is 0 Å². The van der Waals surface area contributed by atoms with E-state index in [0.717, 1.165) is 17.7 Å². The number of hydrogen-bond acceptors (Lipinski definition) is 2. The fraction of sp³-hybridized carbons (Fsp3) is 0.429. The first-order valence-corrected chi connectivity index (χ1v) is 6.38. The van der Waals surface area contributed by atoms with Crippen LogP contribution < -0.4 is 4.74 Å². The van der Waals surface area contributed by atoms with Gasteiger partial charge < -0.3 is 4.74 Å². The average molecular weight is 236 g/mol. The Morgan fingerprint density at radius 3 is 2.56 bits per heavy atom. The van der Waals surface area contributed by atoms with Crippen molar-refractivity contribution in [3.8, 4) is 5.75 Å².